The zero-order valence-corrected chi connectivity index (χ0v) is 14.8. The van der Waals surface area contributed by atoms with Crippen LogP contribution in [0.4, 0.5) is 0 Å². The van der Waals surface area contributed by atoms with E-state index in [1.807, 2.05) is 0 Å². The van der Waals surface area contributed by atoms with Crippen LogP contribution in [-0.4, -0.2) is 48.3 Å². The van der Waals surface area contributed by atoms with Crippen molar-refractivity contribution in [2.24, 2.45) is 5.92 Å². The van der Waals surface area contributed by atoms with Crippen LogP contribution in [0.5, 0.6) is 0 Å². The molecule has 1 saturated carbocycles. The van der Waals surface area contributed by atoms with Gasteiger partial charge in [0.25, 0.3) is 0 Å². The lowest BCUT2D eigenvalue weighted by molar-refractivity contribution is 0.132. The van der Waals surface area contributed by atoms with Crippen LogP contribution in [0.2, 0.25) is 0 Å². The van der Waals surface area contributed by atoms with E-state index in [9.17, 15) is 5.11 Å². The first kappa shape index (κ1) is 18.9. The molecule has 0 amide bonds. The van der Waals surface area contributed by atoms with Gasteiger partial charge in [-0.25, -0.2) is 0 Å². The van der Waals surface area contributed by atoms with Crippen molar-refractivity contribution in [2.75, 3.05) is 26.7 Å². The van der Waals surface area contributed by atoms with Gasteiger partial charge in [0.15, 0.2) is 0 Å². The number of aliphatic hydroxyl groups is 1. The maximum absolute atomic E-state index is 9.59. The van der Waals surface area contributed by atoms with Crippen molar-refractivity contribution in [1.29, 1.82) is 0 Å². The zero-order chi connectivity index (χ0) is 15.7. The van der Waals surface area contributed by atoms with E-state index in [-0.39, 0.29) is 12.1 Å². The smallest absolute Gasteiger partial charge is 0.0610 e. The van der Waals surface area contributed by atoms with Crippen LogP contribution >= 0.6 is 0 Å². The SMILES string of the molecule is CCCNC(C)(CO)CCCCN(C)C1CCCCC1C. The summed E-state index contributed by atoms with van der Waals surface area (Å²) in [6, 6.07) is 0.793. The summed E-state index contributed by atoms with van der Waals surface area (Å²) in [5.41, 5.74) is -0.0906. The minimum Gasteiger partial charge on any atom is -0.394 e. The summed E-state index contributed by atoms with van der Waals surface area (Å²) in [5, 5.41) is 13.1. The predicted molar refractivity (Wildman–Crippen MR) is 91.7 cm³/mol. The summed E-state index contributed by atoms with van der Waals surface area (Å²) in [6.45, 7) is 9.17. The van der Waals surface area contributed by atoms with Gasteiger partial charge in [0.2, 0.25) is 0 Å². The number of hydrogen-bond donors (Lipinski definition) is 2. The number of rotatable bonds is 10. The molecule has 3 nitrogen and oxygen atoms in total. The Labute approximate surface area is 132 Å². The Balaban J connectivity index is 2.22. The van der Waals surface area contributed by atoms with Gasteiger partial charge >= 0.3 is 0 Å². The summed E-state index contributed by atoms with van der Waals surface area (Å²) in [6.07, 6.45) is 10.2. The lowest BCUT2D eigenvalue weighted by Gasteiger charge is -2.36. The lowest BCUT2D eigenvalue weighted by atomic mass is 9.85. The fourth-order valence-electron chi connectivity index (χ4n) is 3.64. The van der Waals surface area contributed by atoms with Gasteiger partial charge in [-0.2, -0.15) is 0 Å². The minimum absolute atomic E-state index is 0.0906. The van der Waals surface area contributed by atoms with E-state index in [0.29, 0.717) is 0 Å². The first-order valence-corrected chi connectivity index (χ1v) is 9.08. The van der Waals surface area contributed by atoms with E-state index in [2.05, 4.69) is 38.0 Å². The molecule has 1 fully saturated rings. The molecule has 0 radical (unpaired) electrons. The summed E-state index contributed by atoms with van der Waals surface area (Å²) in [7, 11) is 2.30. The fraction of sp³-hybridized carbons (Fsp3) is 1.00. The van der Waals surface area contributed by atoms with Gasteiger partial charge in [-0.3, -0.25) is 0 Å². The molecule has 1 aliphatic rings. The van der Waals surface area contributed by atoms with Crippen molar-refractivity contribution in [3.8, 4) is 0 Å². The number of nitrogens with one attached hydrogen (secondary N) is 1. The Kier molecular flexibility index (Phi) is 8.84. The average Bonchev–Trinajstić information content (AvgIpc) is 2.50. The summed E-state index contributed by atoms with van der Waals surface area (Å²) in [5.74, 6) is 0.859. The first-order chi connectivity index (χ1) is 10.0. The Hall–Kier alpha value is -0.120. The molecular weight excluding hydrogens is 260 g/mol. The van der Waals surface area contributed by atoms with Crippen LogP contribution in [-0.2, 0) is 0 Å². The molecule has 2 N–H and O–H groups in total. The third-order valence-electron chi connectivity index (χ3n) is 5.27. The van der Waals surface area contributed by atoms with Crippen LogP contribution in [0.15, 0.2) is 0 Å². The molecule has 0 aliphatic heterocycles. The van der Waals surface area contributed by atoms with Crippen LogP contribution in [0.25, 0.3) is 0 Å². The summed E-state index contributed by atoms with van der Waals surface area (Å²) in [4.78, 5) is 2.58. The maximum atomic E-state index is 9.59. The van der Waals surface area contributed by atoms with Gasteiger partial charge in [0.05, 0.1) is 6.61 Å². The quantitative estimate of drug-likeness (QED) is 0.607. The highest BCUT2D eigenvalue weighted by Gasteiger charge is 2.25. The molecule has 0 heterocycles. The van der Waals surface area contributed by atoms with Gasteiger partial charge in [-0.15, -0.1) is 0 Å². The predicted octanol–water partition coefficient (Wildman–Crippen LogP) is 3.42. The molecule has 3 atom stereocenters. The van der Waals surface area contributed by atoms with E-state index < -0.39 is 0 Å². The minimum atomic E-state index is -0.0906. The second-order valence-corrected chi connectivity index (χ2v) is 7.41. The average molecular weight is 299 g/mol. The largest absolute Gasteiger partial charge is 0.394 e. The molecule has 1 aliphatic carbocycles. The molecule has 3 unspecified atom stereocenters. The van der Waals surface area contributed by atoms with E-state index in [4.69, 9.17) is 0 Å². The standard InChI is InChI=1S/C18H38N2O/c1-5-13-19-18(3,15-21)12-8-9-14-20(4)17-11-7-6-10-16(17)2/h16-17,19,21H,5-15H2,1-4H3. The molecule has 126 valence electrons. The molecule has 0 bridgehead atoms. The van der Waals surface area contributed by atoms with Gasteiger partial charge in [0, 0.05) is 11.6 Å². The van der Waals surface area contributed by atoms with Crippen LogP contribution in [0.1, 0.15) is 72.1 Å². The monoisotopic (exact) mass is 298 g/mol. The molecule has 0 aromatic heterocycles. The van der Waals surface area contributed by atoms with Gasteiger partial charge in [-0.1, -0.05) is 33.1 Å². The van der Waals surface area contributed by atoms with Crippen molar-refractivity contribution in [3.05, 3.63) is 0 Å². The molecule has 0 saturated heterocycles. The van der Waals surface area contributed by atoms with Crippen LogP contribution < -0.4 is 5.32 Å². The van der Waals surface area contributed by atoms with Crippen molar-refractivity contribution in [1.82, 2.24) is 10.2 Å². The van der Waals surface area contributed by atoms with E-state index in [1.165, 1.54) is 45.1 Å². The van der Waals surface area contributed by atoms with Crippen molar-refractivity contribution < 1.29 is 5.11 Å². The Morgan fingerprint density at radius 2 is 1.95 bits per heavy atom. The highest BCUT2D eigenvalue weighted by atomic mass is 16.3. The molecule has 0 aromatic carbocycles. The number of hydrogen-bond acceptors (Lipinski definition) is 3. The van der Waals surface area contributed by atoms with Crippen LogP contribution in [0, 0.1) is 5.92 Å². The first-order valence-electron chi connectivity index (χ1n) is 9.08. The van der Waals surface area contributed by atoms with E-state index in [1.54, 1.807) is 0 Å². The topological polar surface area (TPSA) is 35.5 Å². The zero-order valence-electron chi connectivity index (χ0n) is 14.8. The second-order valence-electron chi connectivity index (χ2n) is 7.41. The van der Waals surface area contributed by atoms with Gasteiger partial charge in [-0.05, 0) is 65.1 Å². The summed E-state index contributed by atoms with van der Waals surface area (Å²) < 4.78 is 0. The Morgan fingerprint density at radius 3 is 2.57 bits per heavy atom. The molecule has 3 heteroatoms. The lowest BCUT2D eigenvalue weighted by Crippen LogP contribution is -2.46. The molecule has 0 spiro atoms. The molecule has 0 aromatic rings. The fourth-order valence-corrected chi connectivity index (χ4v) is 3.64. The van der Waals surface area contributed by atoms with E-state index in [0.717, 1.165) is 31.3 Å². The highest BCUT2D eigenvalue weighted by molar-refractivity contribution is 4.83. The van der Waals surface area contributed by atoms with Gasteiger partial charge in [0.1, 0.15) is 0 Å². The normalized spacial score (nSPS) is 26.0. The van der Waals surface area contributed by atoms with Crippen molar-refractivity contribution in [3.63, 3.8) is 0 Å². The number of unbranched alkanes of at least 4 members (excludes halogenated alkanes) is 1. The Bertz CT molecular complexity index is 272. The van der Waals surface area contributed by atoms with Crippen LogP contribution in [0.3, 0.4) is 0 Å². The van der Waals surface area contributed by atoms with Gasteiger partial charge < -0.3 is 15.3 Å². The molecule has 1 rings (SSSR count). The van der Waals surface area contributed by atoms with Crippen molar-refractivity contribution in [2.45, 2.75) is 83.7 Å². The maximum Gasteiger partial charge on any atom is 0.0610 e. The van der Waals surface area contributed by atoms with Crippen molar-refractivity contribution >= 4 is 0 Å². The number of aliphatic hydroxyl groups excluding tert-OH is 1. The number of nitrogens with zero attached hydrogens (tertiary/aromatic N) is 1. The third kappa shape index (κ3) is 6.66. The summed E-state index contributed by atoms with van der Waals surface area (Å²) >= 11 is 0. The van der Waals surface area contributed by atoms with E-state index >= 15 is 0 Å². The third-order valence-corrected chi connectivity index (χ3v) is 5.27. The second kappa shape index (κ2) is 9.81. The Morgan fingerprint density at radius 1 is 1.24 bits per heavy atom. The molecular formula is C18H38N2O. The molecule has 21 heavy (non-hydrogen) atoms. The highest BCUT2D eigenvalue weighted by Crippen LogP contribution is 2.27.